The fourth-order valence-electron chi connectivity index (χ4n) is 3.57. The van der Waals surface area contributed by atoms with Crippen LogP contribution in [0.5, 0.6) is 0 Å². The summed E-state index contributed by atoms with van der Waals surface area (Å²) in [6, 6.07) is 11.4. The summed E-state index contributed by atoms with van der Waals surface area (Å²) in [5.41, 5.74) is 1.46. The highest BCUT2D eigenvalue weighted by atomic mass is 32.1. The molecular weight excluding hydrogens is 362 g/mol. The van der Waals surface area contributed by atoms with Gasteiger partial charge in [-0.05, 0) is 44.2 Å². The molecule has 1 amide bonds. The third kappa shape index (κ3) is 3.84. The molecule has 3 aromatic rings. The Morgan fingerprint density at radius 2 is 1.93 bits per heavy atom. The van der Waals surface area contributed by atoms with Crippen molar-refractivity contribution >= 4 is 28.3 Å². The van der Waals surface area contributed by atoms with Crippen LogP contribution in [-0.2, 0) is 6.54 Å². The molecule has 3 heterocycles. The number of hydrogen-bond acceptors (Lipinski definition) is 5. The van der Waals surface area contributed by atoms with Gasteiger partial charge in [-0.15, -0.1) is 11.3 Å². The van der Waals surface area contributed by atoms with Crippen LogP contribution in [0.25, 0.3) is 11.1 Å². The normalized spacial score (nSPS) is 16.0. The molecule has 0 saturated carbocycles. The Labute approximate surface area is 161 Å². The smallest absolute Gasteiger partial charge is 0.408 e. The maximum absolute atomic E-state index is 12.7. The summed E-state index contributed by atoms with van der Waals surface area (Å²) in [7, 11) is 0. The summed E-state index contributed by atoms with van der Waals surface area (Å²) in [5, 5.41) is 0. The molecule has 27 heavy (non-hydrogen) atoms. The molecule has 0 bridgehead atoms. The molecule has 0 aliphatic carbocycles. The maximum atomic E-state index is 12.7. The fourth-order valence-corrected chi connectivity index (χ4v) is 4.41. The second-order valence-electron chi connectivity index (χ2n) is 6.89. The van der Waals surface area contributed by atoms with Gasteiger partial charge in [-0.2, -0.15) is 0 Å². The number of oxazole rings is 1. The third-order valence-electron chi connectivity index (χ3n) is 5.04. The molecule has 0 radical (unpaired) electrons. The number of thiophene rings is 1. The first-order chi connectivity index (χ1) is 13.1. The van der Waals surface area contributed by atoms with Crippen LogP contribution in [0.1, 0.15) is 21.0 Å². The second kappa shape index (κ2) is 7.70. The lowest BCUT2D eigenvalue weighted by Gasteiger charge is -2.21. The standard InChI is InChI=1S/C20H23N3O3S/c1-15-7-8-18(27-15)19(24)22-10-4-9-21(11-13-22)12-14-23-16-5-2-3-6-17(16)26-20(23)25/h2-3,5-8H,4,9-14H2,1H3. The number of carbonyl (C=O) groups excluding carboxylic acids is 1. The molecular formula is C20H23N3O3S. The van der Waals surface area contributed by atoms with Gasteiger partial charge < -0.3 is 9.32 Å². The number of carbonyl (C=O) groups is 1. The lowest BCUT2D eigenvalue weighted by molar-refractivity contribution is 0.0766. The summed E-state index contributed by atoms with van der Waals surface area (Å²) < 4.78 is 6.99. The molecule has 1 fully saturated rings. The van der Waals surface area contributed by atoms with Gasteiger partial charge >= 0.3 is 5.76 Å². The van der Waals surface area contributed by atoms with Crippen molar-refractivity contribution in [1.29, 1.82) is 0 Å². The predicted molar refractivity (Wildman–Crippen MR) is 106 cm³/mol. The zero-order valence-electron chi connectivity index (χ0n) is 15.4. The first-order valence-corrected chi connectivity index (χ1v) is 10.1. The summed E-state index contributed by atoms with van der Waals surface area (Å²) in [5.74, 6) is -0.178. The molecule has 0 atom stereocenters. The molecule has 1 aromatic carbocycles. The Morgan fingerprint density at radius 3 is 2.74 bits per heavy atom. The Morgan fingerprint density at radius 1 is 1.07 bits per heavy atom. The summed E-state index contributed by atoms with van der Waals surface area (Å²) in [6.45, 7) is 6.63. The van der Waals surface area contributed by atoms with Gasteiger partial charge in [-0.25, -0.2) is 4.79 Å². The number of amides is 1. The van der Waals surface area contributed by atoms with Gasteiger partial charge in [0.1, 0.15) is 0 Å². The van der Waals surface area contributed by atoms with Crippen LogP contribution in [0, 0.1) is 6.92 Å². The van der Waals surface area contributed by atoms with E-state index in [2.05, 4.69) is 4.90 Å². The number of nitrogens with zero attached hydrogens (tertiary/aromatic N) is 3. The van der Waals surface area contributed by atoms with E-state index in [4.69, 9.17) is 4.42 Å². The molecule has 142 valence electrons. The van der Waals surface area contributed by atoms with Gasteiger partial charge in [-0.1, -0.05) is 12.1 Å². The SMILES string of the molecule is Cc1ccc(C(=O)N2CCCN(CCn3c(=O)oc4ccccc43)CC2)s1. The number of hydrogen-bond donors (Lipinski definition) is 0. The van der Waals surface area contributed by atoms with Gasteiger partial charge in [0.15, 0.2) is 5.58 Å². The molecule has 1 saturated heterocycles. The highest BCUT2D eigenvalue weighted by Gasteiger charge is 2.21. The number of para-hydroxylation sites is 2. The van der Waals surface area contributed by atoms with E-state index in [9.17, 15) is 9.59 Å². The van der Waals surface area contributed by atoms with Gasteiger partial charge in [0, 0.05) is 37.6 Å². The average molecular weight is 385 g/mol. The lowest BCUT2D eigenvalue weighted by atomic mass is 10.3. The van der Waals surface area contributed by atoms with Crippen molar-refractivity contribution in [2.24, 2.45) is 0 Å². The summed E-state index contributed by atoms with van der Waals surface area (Å²) in [4.78, 5) is 31.0. The van der Waals surface area contributed by atoms with E-state index in [-0.39, 0.29) is 11.7 Å². The quantitative estimate of drug-likeness (QED) is 0.693. The van der Waals surface area contributed by atoms with Crippen LogP contribution < -0.4 is 5.76 Å². The molecule has 1 aliphatic heterocycles. The van der Waals surface area contributed by atoms with Crippen LogP contribution in [0.15, 0.2) is 45.6 Å². The van der Waals surface area contributed by atoms with Crippen molar-refractivity contribution in [1.82, 2.24) is 14.4 Å². The minimum atomic E-state index is -0.309. The topological polar surface area (TPSA) is 58.7 Å². The van der Waals surface area contributed by atoms with E-state index < -0.39 is 0 Å². The van der Waals surface area contributed by atoms with Crippen LogP contribution >= 0.6 is 11.3 Å². The van der Waals surface area contributed by atoms with Crippen molar-refractivity contribution in [3.63, 3.8) is 0 Å². The second-order valence-corrected chi connectivity index (χ2v) is 8.17. The van der Waals surface area contributed by atoms with E-state index >= 15 is 0 Å². The maximum Gasteiger partial charge on any atom is 0.419 e. The highest BCUT2D eigenvalue weighted by molar-refractivity contribution is 7.13. The number of fused-ring (bicyclic) bond motifs is 1. The number of rotatable bonds is 4. The zero-order chi connectivity index (χ0) is 18.8. The van der Waals surface area contributed by atoms with Crippen LogP contribution in [0.2, 0.25) is 0 Å². The molecule has 7 heteroatoms. The molecule has 4 rings (SSSR count). The van der Waals surface area contributed by atoms with Gasteiger partial charge in [-0.3, -0.25) is 14.3 Å². The summed E-state index contributed by atoms with van der Waals surface area (Å²) in [6.07, 6.45) is 0.942. The highest BCUT2D eigenvalue weighted by Crippen LogP contribution is 2.18. The number of aromatic nitrogens is 1. The summed E-state index contributed by atoms with van der Waals surface area (Å²) >= 11 is 1.56. The van der Waals surface area contributed by atoms with Crippen molar-refractivity contribution in [3.8, 4) is 0 Å². The third-order valence-corrected chi connectivity index (χ3v) is 6.03. The van der Waals surface area contributed by atoms with E-state index in [1.165, 1.54) is 0 Å². The molecule has 0 unspecified atom stereocenters. The van der Waals surface area contributed by atoms with Crippen LogP contribution in [-0.4, -0.2) is 53.0 Å². The molecule has 0 spiro atoms. The molecule has 2 aromatic heterocycles. The van der Waals surface area contributed by atoms with Gasteiger partial charge in [0.25, 0.3) is 5.91 Å². The van der Waals surface area contributed by atoms with Crippen LogP contribution in [0.3, 0.4) is 0 Å². The zero-order valence-corrected chi connectivity index (χ0v) is 16.2. The van der Waals surface area contributed by atoms with Crippen molar-refractivity contribution in [2.45, 2.75) is 19.9 Å². The number of aryl methyl sites for hydroxylation is 1. The first kappa shape index (κ1) is 18.0. The Bertz CT molecular complexity index is 1000. The largest absolute Gasteiger partial charge is 0.419 e. The van der Waals surface area contributed by atoms with Crippen molar-refractivity contribution in [2.75, 3.05) is 32.7 Å². The fraction of sp³-hybridized carbons (Fsp3) is 0.400. The lowest BCUT2D eigenvalue weighted by Crippen LogP contribution is -2.36. The predicted octanol–water partition coefficient (Wildman–Crippen LogP) is 2.81. The minimum absolute atomic E-state index is 0.131. The molecule has 1 aliphatic rings. The Kier molecular flexibility index (Phi) is 5.13. The van der Waals surface area contributed by atoms with Crippen molar-refractivity contribution in [3.05, 3.63) is 56.7 Å². The van der Waals surface area contributed by atoms with E-state index in [1.54, 1.807) is 15.9 Å². The molecule has 0 N–H and O–H groups in total. The first-order valence-electron chi connectivity index (χ1n) is 9.28. The Balaban J connectivity index is 1.38. The van der Waals surface area contributed by atoms with E-state index in [1.807, 2.05) is 48.2 Å². The van der Waals surface area contributed by atoms with Crippen LogP contribution in [0.4, 0.5) is 0 Å². The molecule has 6 nitrogen and oxygen atoms in total. The monoisotopic (exact) mass is 385 g/mol. The number of benzene rings is 1. The van der Waals surface area contributed by atoms with E-state index in [0.717, 1.165) is 54.4 Å². The Hall–Kier alpha value is -2.38. The van der Waals surface area contributed by atoms with Gasteiger partial charge in [0.2, 0.25) is 0 Å². The minimum Gasteiger partial charge on any atom is -0.408 e. The van der Waals surface area contributed by atoms with E-state index in [0.29, 0.717) is 12.1 Å². The average Bonchev–Trinajstić information content (AvgIpc) is 3.14. The van der Waals surface area contributed by atoms with Gasteiger partial charge in [0.05, 0.1) is 10.4 Å². The van der Waals surface area contributed by atoms with Crippen molar-refractivity contribution < 1.29 is 9.21 Å².